The van der Waals surface area contributed by atoms with E-state index in [-0.39, 0.29) is 0 Å². The van der Waals surface area contributed by atoms with Crippen LogP contribution in [0.3, 0.4) is 0 Å². The maximum Gasteiger partial charge on any atom is 0.0294 e. The summed E-state index contributed by atoms with van der Waals surface area (Å²) in [6.07, 6.45) is 2.39. The zero-order valence-corrected chi connectivity index (χ0v) is 12.0. The van der Waals surface area contributed by atoms with Gasteiger partial charge in [0.05, 0.1) is 0 Å². The molecule has 18 heavy (non-hydrogen) atoms. The van der Waals surface area contributed by atoms with Crippen molar-refractivity contribution in [2.24, 2.45) is 0 Å². The van der Waals surface area contributed by atoms with Gasteiger partial charge >= 0.3 is 0 Å². The molecule has 1 unspecified atom stereocenters. The van der Waals surface area contributed by atoms with Crippen molar-refractivity contribution in [3.05, 3.63) is 57.8 Å². The van der Waals surface area contributed by atoms with E-state index in [0.717, 1.165) is 6.54 Å². The van der Waals surface area contributed by atoms with E-state index < -0.39 is 0 Å². The molecule has 0 bridgehead atoms. The monoisotopic (exact) mass is 259 g/mol. The van der Waals surface area contributed by atoms with Crippen LogP contribution in [0.4, 0.5) is 0 Å². The first-order valence-electron chi connectivity index (χ1n) is 6.63. The van der Waals surface area contributed by atoms with Gasteiger partial charge in [-0.3, -0.25) is 0 Å². The summed E-state index contributed by atoms with van der Waals surface area (Å²) >= 11 is 1.75. The highest BCUT2D eigenvalue weighted by Gasteiger charge is 2.04. The van der Waals surface area contributed by atoms with Crippen LogP contribution in [0, 0.1) is 0 Å². The van der Waals surface area contributed by atoms with Crippen molar-refractivity contribution in [3.8, 4) is 0 Å². The van der Waals surface area contributed by atoms with E-state index in [4.69, 9.17) is 0 Å². The molecular formula is C16H21NS. The Labute approximate surface area is 114 Å². The van der Waals surface area contributed by atoms with Gasteiger partial charge in [0.25, 0.3) is 0 Å². The Balaban J connectivity index is 1.89. The van der Waals surface area contributed by atoms with Crippen molar-refractivity contribution in [1.29, 1.82) is 0 Å². The SMILES string of the molecule is CCCc1ccc(C(C)NCc2ccsc2)cc1. The van der Waals surface area contributed by atoms with Crippen molar-refractivity contribution in [2.75, 3.05) is 0 Å². The molecule has 0 aliphatic heterocycles. The van der Waals surface area contributed by atoms with Crippen LogP contribution in [0.2, 0.25) is 0 Å². The molecule has 0 fully saturated rings. The molecule has 1 heterocycles. The van der Waals surface area contributed by atoms with Crippen LogP contribution in [-0.4, -0.2) is 0 Å². The number of nitrogens with one attached hydrogen (secondary N) is 1. The normalized spacial score (nSPS) is 12.6. The van der Waals surface area contributed by atoms with Crippen molar-refractivity contribution in [2.45, 2.75) is 39.3 Å². The van der Waals surface area contributed by atoms with E-state index in [1.54, 1.807) is 11.3 Å². The second-order valence-corrected chi connectivity index (χ2v) is 5.51. The molecule has 0 spiro atoms. The quantitative estimate of drug-likeness (QED) is 0.802. The Kier molecular flexibility index (Phi) is 4.97. The van der Waals surface area contributed by atoms with Crippen molar-refractivity contribution < 1.29 is 0 Å². The van der Waals surface area contributed by atoms with Gasteiger partial charge in [0.2, 0.25) is 0 Å². The third kappa shape index (κ3) is 3.69. The molecule has 96 valence electrons. The molecule has 1 N–H and O–H groups in total. The van der Waals surface area contributed by atoms with Gasteiger partial charge in [-0.2, -0.15) is 11.3 Å². The Morgan fingerprint density at radius 3 is 2.50 bits per heavy atom. The third-order valence-electron chi connectivity index (χ3n) is 3.21. The number of hydrogen-bond donors (Lipinski definition) is 1. The van der Waals surface area contributed by atoms with Gasteiger partial charge in [-0.1, -0.05) is 37.6 Å². The van der Waals surface area contributed by atoms with Gasteiger partial charge in [0, 0.05) is 12.6 Å². The van der Waals surface area contributed by atoms with E-state index in [1.807, 2.05) is 0 Å². The van der Waals surface area contributed by atoms with Gasteiger partial charge in [0.15, 0.2) is 0 Å². The van der Waals surface area contributed by atoms with E-state index in [1.165, 1.54) is 29.5 Å². The lowest BCUT2D eigenvalue weighted by atomic mass is 10.0. The maximum atomic E-state index is 3.56. The van der Waals surface area contributed by atoms with Crippen LogP contribution in [-0.2, 0) is 13.0 Å². The summed E-state index contributed by atoms with van der Waals surface area (Å²) in [5.41, 5.74) is 4.17. The molecule has 0 aliphatic carbocycles. The highest BCUT2D eigenvalue weighted by atomic mass is 32.1. The van der Waals surface area contributed by atoms with E-state index in [2.05, 4.69) is 60.3 Å². The van der Waals surface area contributed by atoms with Gasteiger partial charge in [-0.05, 0) is 46.9 Å². The summed E-state index contributed by atoms with van der Waals surface area (Å²) in [6.45, 7) is 5.39. The van der Waals surface area contributed by atoms with E-state index in [0.29, 0.717) is 6.04 Å². The van der Waals surface area contributed by atoms with Gasteiger partial charge in [-0.15, -0.1) is 0 Å². The summed E-state index contributed by atoms with van der Waals surface area (Å²) in [7, 11) is 0. The molecule has 1 atom stereocenters. The lowest BCUT2D eigenvalue weighted by Crippen LogP contribution is -2.17. The topological polar surface area (TPSA) is 12.0 Å². The fourth-order valence-electron chi connectivity index (χ4n) is 2.04. The van der Waals surface area contributed by atoms with Crippen molar-refractivity contribution in [1.82, 2.24) is 5.32 Å². The lowest BCUT2D eigenvalue weighted by Gasteiger charge is -2.14. The predicted octanol–water partition coefficient (Wildman–Crippen LogP) is 4.55. The fraction of sp³-hybridized carbons (Fsp3) is 0.375. The fourth-order valence-corrected chi connectivity index (χ4v) is 2.71. The summed E-state index contributed by atoms with van der Waals surface area (Å²) in [5.74, 6) is 0. The number of thiophene rings is 1. The van der Waals surface area contributed by atoms with E-state index >= 15 is 0 Å². The van der Waals surface area contributed by atoms with Crippen molar-refractivity contribution >= 4 is 11.3 Å². The molecule has 1 nitrogen and oxygen atoms in total. The predicted molar refractivity (Wildman–Crippen MR) is 80.0 cm³/mol. The Morgan fingerprint density at radius 1 is 1.11 bits per heavy atom. The standard InChI is InChI=1S/C16H21NS/c1-3-4-14-5-7-16(8-6-14)13(2)17-11-15-9-10-18-12-15/h5-10,12-13,17H,3-4,11H2,1-2H3. The van der Waals surface area contributed by atoms with E-state index in [9.17, 15) is 0 Å². The Bertz CT molecular complexity index is 444. The second kappa shape index (κ2) is 6.72. The molecule has 2 rings (SSSR count). The summed E-state index contributed by atoms with van der Waals surface area (Å²) in [6, 6.07) is 11.6. The molecular weight excluding hydrogens is 238 g/mol. The van der Waals surface area contributed by atoms with Gasteiger partial charge in [0.1, 0.15) is 0 Å². The lowest BCUT2D eigenvalue weighted by molar-refractivity contribution is 0.575. The molecule has 1 aromatic heterocycles. The first kappa shape index (κ1) is 13.3. The highest BCUT2D eigenvalue weighted by Crippen LogP contribution is 2.15. The zero-order chi connectivity index (χ0) is 12.8. The van der Waals surface area contributed by atoms with Crippen LogP contribution in [0.1, 0.15) is 43.0 Å². The molecule has 0 aliphatic rings. The highest BCUT2D eigenvalue weighted by molar-refractivity contribution is 7.07. The average Bonchev–Trinajstić information content (AvgIpc) is 2.90. The maximum absolute atomic E-state index is 3.56. The average molecular weight is 259 g/mol. The van der Waals surface area contributed by atoms with Gasteiger partial charge in [-0.25, -0.2) is 0 Å². The first-order chi connectivity index (χ1) is 8.79. The zero-order valence-electron chi connectivity index (χ0n) is 11.1. The minimum absolute atomic E-state index is 0.403. The van der Waals surface area contributed by atoms with Crippen LogP contribution < -0.4 is 5.32 Å². The van der Waals surface area contributed by atoms with Crippen LogP contribution in [0.5, 0.6) is 0 Å². The van der Waals surface area contributed by atoms with Crippen LogP contribution >= 0.6 is 11.3 Å². The first-order valence-corrected chi connectivity index (χ1v) is 7.57. The number of benzene rings is 1. The summed E-state index contributed by atoms with van der Waals surface area (Å²) < 4.78 is 0. The molecule has 0 radical (unpaired) electrons. The molecule has 2 aromatic rings. The molecule has 1 aromatic carbocycles. The smallest absolute Gasteiger partial charge is 0.0294 e. The molecule has 0 saturated heterocycles. The second-order valence-electron chi connectivity index (χ2n) is 4.73. The molecule has 0 saturated carbocycles. The third-order valence-corrected chi connectivity index (χ3v) is 3.94. The Morgan fingerprint density at radius 2 is 1.89 bits per heavy atom. The van der Waals surface area contributed by atoms with Gasteiger partial charge < -0.3 is 5.32 Å². The van der Waals surface area contributed by atoms with Crippen LogP contribution in [0.25, 0.3) is 0 Å². The summed E-state index contributed by atoms with van der Waals surface area (Å²) in [4.78, 5) is 0. The molecule has 2 heteroatoms. The van der Waals surface area contributed by atoms with Crippen molar-refractivity contribution in [3.63, 3.8) is 0 Å². The number of rotatable bonds is 6. The number of aryl methyl sites for hydroxylation is 1. The number of hydrogen-bond acceptors (Lipinski definition) is 2. The largest absolute Gasteiger partial charge is 0.306 e. The molecule has 0 amide bonds. The minimum Gasteiger partial charge on any atom is -0.306 e. The van der Waals surface area contributed by atoms with Crippen LogP contribution in [0.15, 0.2) is 41.1 Å². The Hall–Kier alpha value is -1.12. The summed E-state index contributed by atoms with van der Waals surface area (Å²) in [5, 5.41) is 7.88. The minimum atomic E-state index is 0.403.